The molecule has 2 nitrogen and oxygen atoms in total. The molecule has 0 amide bonds. The van der Waals surface area contributed by atoms with Crippen LogP contribution in [0.2, 0.25) is 0 Å². The van der Waals surface area contributed by atoms with Crippen LogP contribution in [0.3, 0.4) is 0 Å². The molecule has 0 bridgehead atoms. The predicted molar refractivity (Wildman–Crippen MR) is 57.1 cm³/mol. The summed E-state index contributed by atoms with van der Waals surface area (Å²) in [6.07, 6.45) is -2.26. The number of rotatable bonds is 2. The van der Waals surface area contributed by atoms with E-state index in [1.54, 1.807) is 6.07 Å². The van der Waals surface area contributed by atoms with Crippen LogP contribution in [0.4, 0.5) is 18.9 Å². The number of hydrogen-bond acceptors (Lipinski definition) is 2. The number of fused-ring (bicyclic) bond motifs is 1. The number of alkyl halides is 3. The van der Waals surface area contributed by atoms with E-state index in [4.69, 9.17) is 0 Å². The van der Waals surface area contributed by atoms with E-state index < -0.39 is 6.36 Å². The van der Waals surface area contributed by atoms with Crippen molar-refractivity contribution in [3.63, 3.8) is 0 Å². The molecular formula is C12H12F3NO. The molecule has 1 aromatic rings. The molecule has 0 radical (unpaired) electrons. The van der Waals surface area contributed by atoms with Crippen LogP contribution >= 0.6 is 0 Å². The molecule has 0 spiro atoms. The van der Waals surface area contributed by atoms with E-state index in [9.17, 15) is 13.2 Å². The summed E-state index contributed by atoms with van der Waals surface area (Å²) in [6, 6.07) is 4.54. The zero-order valence-electron chi connectivity index (χ0n) is 9.05. The van der Waals surface area contributed by atoms with Gasteiger partial charge in [0.25, 0.3) is 0 Å². The summed E-state index contributed by atoms with van der Waals surface area (Å²) < 4.78 is 40.3. The molecule has 1 saturated carbocycles. The molecule has 1 atom stereocenters. The Balaban J connectivity index is 1.87. The molecule has 1 aliphatic heterocycles. The van der Waals surface area contributed by atoms with Crippen molar-refractivity contribution in [3.05, 3.63) is 23.8 Å². The third kappa shape index (κ3) is 2.18. The van der Waals surface area contributed by atoms with Gasteiger partial charge in [0, 0.05) is 18.2 Å². The maximum Gasteiger partial charge on any atom is 0.573 e. The molecule has 1 unspecified atom stereocenters. The number of nitrogens with one attached hydrogen (secondary N) is 1. The highest BCUT2D eigenvalue weighted by molar-refractivity contribution is 5.60. The lowest BCUT2D eigenvalue weighted by Gasteiger charge is -2.12. The quantitative estimate of drug-likeness (QED) is 0.858. The van der Waals surface area contributed by atoms with Gasteiger partial charge in [-0.05, 0) is 42.5 Å². The van der Waals surface area contributed by atoms with Crippen LogP contribution < -0.4 is 10.1 Å². The van der Waals surface area contributed by atoms with Gasteiger partial charge in [-0.25, -0.2) is 0 Å². The summed E-state index contributed by atoms with van der Waals surface area (Å²) in [7, 11) is 0. The van der Waals surface area contributed by atoms with Crippen molar-refractivity contribution in [2.45, 2.75) is 25.1 Å². The second-order valence-corrected chi connectivity index (χ2v) is 4.62. The Morgan fingerprint density at radius 1 is 1.24 bits per heavy atom. The normalized spacial score (nSPS) is 23.1. The maximum absolute atomic E-state index is 12.1. The first kappa shape index (κ1) is 10.7. The topological polar surface area (TPSA) is 21.3 Å². The summed E-state index contributed by atoms with van der Waals surface area (Å²) in [4.78, 5) is 0. The molecule has 1 aromatic carbocycles. The first-order chi connectivity index (χ1) is 8.03. The largest absolute Gasteiger partial charge is 0.573 e. The first-order valence-electron chi connectivity index (χ1n) is 5.66. The van der Waals surface area contributed by atoms with Gasteiger partial charge in [0.2, 0.25) is 0 Å². The minimum Gasteiger partial charge on any atom is -0.406 e. The molecule has 92 valence electrons. The van der Waals surface area contributed by atoms with Gasteiger partial charge >= 0.3 is 6.36 Å². The van der Waals surface area contributed by atoms with Crippen LogP contribution in [0.25, 0.3) is 0 Å². The fourth-order valence-electron chi connectivity index (χ4n) is 2.45. The summed E-state index contributed by atoms with van der Waals surface area (Å²) in [5, 5.41) is 3.22. The summed E-state index contributed by atoms with van der Waals surface area (Å²) in [5.41, 5.74) is 1.91. The van der Waals surface area contributed by atoms with E-state index in [2.05, 4.69) is 10.1 Å². The predicted octanol–water partition coefficient (Wildman–Crippen LogP) is 3.50. The van der Waals surface area contributed by atoms with Gasteiger partial charge < -0.3 is 10.1 Å². The van der Waals surface area contributed by atoms with Gasteiger partial charge in [-0.15, -0.1) is 13.2 Å². The Morgan fingerprint density at radius 3 is 2.65 bits per heavy atom. The molecule has 2 aliphatic rings. The number of hydrogen-bond donors (Lipinski definition) is 1. The van der Waals surface area contributed by atoms with Gasteiger partial charge in [-0.3, -0.25) is 0 Å². The minimum absolute atomic E-state index is 0.120. The second kappa shape index (κ2) is 3.55. The number of benzene rings is 1. The molecule has 1 aliphatic carbocycles. The molecule has 0 aromatic heterocycles. The number of halogens is 3. The van der Waals surface area contributed by atoms with E-state index in [-0.39, 0.29) is 5.75 Å². The molecule has 17 heavy (non-hydrogen) atoms. The van der Waals surface area contributed by atoms with Crippen LogP contribution in [0.15, 0.2) is 18.2 Å². The molecule has 1 N–H and O–H groups in total. The van der Waals surface area contributed by atoms with Gasteiger partial charge in [-0.2, -0.15) is 0 Å². The smallest absolute Gasteiger partial charge is 0.406 e. The highest BCUT2D eigenvalue weighted by Crippen LogP contribution is 2.48. The van der Waals surface area contributed by atoms with Crippen LogP contribution in [0.5, 0.6) is 5.75 Å². The van der Waals surface area contributed by atoms with Crippen molar-refractivity contribution >= 4 is 5.69 Å². The van der Waals surface area contributed by atoms with Crippen molar-refractivity contribution in [2.75, 3.05) is 11.9 Å². The molecular weight excluding hydrogens is 231 g/mol. The van der Waals surface area contributed by atoms with E-state index in [1.807, 2.05) is 0 Å². The van der Waals surface area contributed by atoms with Gasteiger partial charge in [0.15, 0.2) is 0 Å². The Hall–Kier alpha value is -1.39. The fourth-order valence-corrected chi connectivity index (χ4v) is 2.45. The molecule has 0 saturated heterocycles. The van der Waals surface area contributed by atoms with E-state index in [1.165, 1.54) is 25.0 Å². The minimum atomic E-state index is -4.62. The molecule has 1 fully saturated rings. The fraction of sp³-hybridized carbons (Fsp3) is 0.500. The van der Waals surface area contributed by atoms with Gasteiger partial charge in [0.1, 0.15) is 5.75 Å². The first-order valence-corrected chi connectivity index (χ1v) is 5.66. The van der Waals surface area contributed by atoms with Gasteiger partial charge in [-0.1, -0.05) is 0 Å². The van der Waals surface area contributed by atoms with Crippen molar-refractivity contribution < 1.29 is 17.9 Å². The Morgan fingerprint density at radius 2 is 2.00 bits per heavy atom. The maximum atomic E-state index is 12.1. The third-order valence-corrected chi connectivity index (χ3v) is 3.36. The lowest BCUT2D eigenvalue weighted by Crippen LogP contribution is -2.17. The summed E-state index contributed by atoms with van der Waals surface area (Å²) >= 11 is 0. The van der Waals surface area contributed by atoms with Crippen LogP contribution in [-0.4, -0.2) is 12.9 Å². The van der Waals surface area contributed by atoms with E-state index in [0.717, 1.165) is 17.8 Å². The van der Waals surface area contributed by atoms with Crippen LogP contribution in [0, 0.1) is 5.92 Å². The lowest BCUT2D eigenvalue weighted by atomic mass is 9.96. The number of ether oxygens (including phenoxy) is 1. The highest BCUT2D eigenvalue weighted by atomic mass is 19.4. The summed E-state index contributed by atoms with van der Waals surface area (Å²) in [6.45, 7) is 0.829. The third-order valence-electron chi connectivity index (χ3n) is 3.36. The van der Waals surface area contributed by atoms with E-state index in [0.29, 0.717) is 11.8 Å². The zero-order chi connectivity index (χ0) is 12.0. The van der Waals surface area contributed by atoms with Crippen molar-refractivity contribution in [3.8, 4) is 5.75 Å². The molecule has 5 heteroatoms. The Labute approximate surface area is 96.8 Å². The standard InChI is InChI=1S/C12H12F3NO/c13-12(14,15)17-8-3-4-11-9(5-8)10(6-16-11)7-1-2-7/h3-5,7,10,16H,1-2,6H2. The zero-order valence-corrected chi connectivity index (χ0v) is 9.05. The summed E-state index contributed by atoms with van der Waals surface area (Å²) in [5.74, 6) is 0.859. The Kier molecular flexibility index (Phi) is 2.24. The second-order valence-electron chi connectivity index (χ2n) is 4.62. The van der Waals surface area contributed by atoms with E-state index >= 15 is 0 Å². The van der Waals surface area contributed by atoms with Crippen molar-refractivity contribution in [1.82, 2.24) is 0 Å². The van der Waals surface area contributed by atoms with Crippen molar-refractivity contribution in [1.29, 1.82) is 0 Å². The van der Waals surface area contributed by atoms with Gasteiger partial charge in [0.05, 0.1) is 0 Å². The van der Waals surface area contributed by atoms with Crippen LogP contribution in [0.1, 0.15) is 24.3 Å². The van der Waals surface area contributed by atoms with Crippen molar-refractivity contribution in [2.24, 2.45) is 5.92 Å². The monoisotopic (exact) mass is 243 g/mol. The molecule has 3 rings (SSSR count). The number of anilines is 1. The van der Waals surface area contributed by atoms with Crippen LogP contribution in [-0.2, 0) is 0 Å². The Bertz CT molecular complexity index is 440. The average molecular weight is 243 g/mol. The SMILES string of the molecule is FC(F)(F)Oc1ccc2c(c1)C(C1CC1)CN2. The highest BCUT2D eigenvalue weighted by Gasteiger charge is 2.37. The lowest BCUT2D eigenvalue weighted by molar-refractivity contribution is -0.274. The molecule has 1 heterocycles. The average Bonchev–Trinajstić information content (AvgIpc) is 2.97.